The minimum absolute atomic E-state index is 0.0146. The Kier molecular flexibility index (Phi) is 9.29. The second-order valence-electron chi connectivity index (χ2n) is 9.69. The van der Waals surface area contributed by atoms with Crippen molar-refractivity contribution in [2.45, 2.75) is 64.3 Å². The van der Waals surface area contributed by atoms with E-state index in [1.165, 1.54) is 21.6 Å². The SMILES string of the molecule is CC1(C)OC2C(COC(=O)C(F)(F)S(=O)[O-])OC(=O)C2(C)O1.c1ccc([S+](c2ccccc2)c2ccccc2)cc1. The maximum absolute atomic E-state index is 12.9. The molecule has 4 atom stereocenters. The van der Waals surface area contributed by atoms with E-state index in [1.54, 1.807) is 13.8 Å². The molecule has 0 spiro atoms. The van der Waals surface area contributed by atoms with Crippen molar-refractivity contribution in [3.8, 4) is 0 Å². The van der Waals surface area contributed by atoms with E-state index in [1.807, 2.05) is 0 Å². The van der Waals surface area contributed by atoms with Gasteiger partial charge < -0.3 is 23.5 Å². The Balaban J connectivity index is 0.000000191. The van der Waals surface area contributed by atoms with E-state index in [0.717, 1.165) is 0 Å². The highest BCUT2D eigenvalue weighted by atomic mass is 32.2. The van der Waals surface area contributed by atoms with E-state index >= 15 is 0 Å². The molecule has 41 heavy (non-hydrogen) atoms. The number of ether oxygens (including phenoxy) is 4. The molecule has 2 heterocycles. The van der Waals surface area contributed by atoms with Crippen molar-refractivity contribution in [1.82, 2.24) is 0 Å². The van der Waals surface area contributed by atoms with Gasteiger partial charge in [-0.25, -0.2) is 9.59 Å². The summed E-state index contributed by atoms with van der Waals surface area (Å²) >= 11 is -3.96. The molecule has 3 aromatic carbocycles. The molecule has 8 nitrogen and oxygen atoms in total. The zero-order chi connectivity index (χ0) is 29.8. The highest BCUT2D eigenvalue weighted by Gasteiger charge is 2.65. The molecule has 0 saturated carbocycles. The van der Waals surface area contributed by atoms with Gasteiger partial charge in [-0.1, -0.05) is 54.6 Å². The Morgan fingerprint density at radius 2 is 1.37 bits per heavy atom. The average Bonchev–Trinajstić information content (AvgIpc) is 3.34. The molecule has 3 aromatic rings. The van der Waals surface area contributed by atoms with Gasteiger partial charge in [0.2, 0.25) is 0 Å². The topological polar surface area (TPSA) is 111 Å². The first-order chi connectivity index (χ1) is 19.3. The van der Waals surface area contributed by atoms with Crippen molar-refractivity contribution in [2.75, 3.05) is 6.61 Å². The first-order valence-electron chi connectivity index (χ1n) is 12.5. The fourth-order valence-corrected chi connectivity index (χ4v) is 6.72. The fourth-order valence-electron chi connectivity index (χ4n) is 4.42. The lowest BCUT2D eigenvalue weighted by Gasteiger charge is -2.22. The number of hydrogen-bond donors (Lipinski definition) is 0. The van der Waals surface area contributed by atoms with Crippen LogP contribution in [0.15, 0.2) is 106 Å². The summed E-state index contributed by atoms with van der Waals surface area (Å²) in [5.41, 5.74) is -1.45. The number of rotatable bonds is 7. The van der Waals surface area contributed by atoms with E-state index in [2.05, 4.69) is 95.7 Å². The minimum Gasteiger partial charge on any atom is -0.767 e. The maximum Gasteiger partial charge on any atom is 0.403 e. The van der Waals surface area contributed by atoms with Crippen LogP contribution in [-0.2, 0) is 50.5 Å². The van der Waals surface area contributed by atoms with Crippen molar-refractivity contribution in [2.24, 2.45) is 0 Å². The van der Waals surface area contributed by atoms with E-state index < -0.39 is 58.5 Å². The predicted molar refractivity (Wildman–Crippen MR) is 145 cm³/mol. The van der Waals surface area contributed by atoms with Crippen molar-refractivity contribution in [3.63, 3.8) is 0 Å². The highest BCUT2D eigenvalue weighted by molar-refractivity contribution is 7.97. The summed E-state index contributed by atoms with van der Waals surface area (Å²) in [6, 6.07) is 32.2. The molecule has 0 bridgehead atoms. The first-order valence-corrected chi connectivity index (χ1v) is 14.8. The fraction of sp³-hybridized carbons (Fsp3) is 0.310. The zero-order valence-corrected chi connectivity index (χ0v) is 24.0. The van der Waals surface area contributed by atoms with Crippen LogP contribution in [-0.4, -0.2) is 56.2 Å². The molecule has 2 fully saturated rings. The van der Waals surface area contributed by atoms with Gasteiger partial charge in [-0.15, -0.1) is 0 Å². The van der Waals surface area contributed by atoms with Gasteiger partial charge in [-0.05, 0) is 57.2 Å². The van der Waals surface area contributed by atoms with Crippen LogP contribution in [0.5, 0.6) is 0 Å². The van der Waals surface area contributed by atoms with Gasteiger partial charge in [0.15, 0.2) is 32.2 Å². The van der Waals surface area contributed by atoms with Crippen LogP contribution in [0.25, 0.3) is 0 Å². The quantitative estimate of drug-likeness (QED) is 0.218. The third kappa shape index (κ3) is 6.84. The molecule has 0 aliphatic carbocycles. The Morgan fingerprint density at radius 1 is 0.927 bits per heavy atom. The normalized spacial score (nSPS) is 23.6. The number of benzene rings is 3. The molecule has 2 saturated heterocycles. The predicted octanol–water partition coefficient (Wildman–Crippen LogP) is 4.62. The highest BCUT2D eigenvalue weighted by Crippen LogP contribution is 2.44. The van der Waals surface area contributed by atoms with E-state index in [9.17, 15) is 27.1 Å². The molecular formula is C29H28F2O8S2. The Morgan fingerprint density at radius 3 is 1.78 bits per heavy atom. The molecule has 12 heteroatoms. The summed E-state index contributed by atoms with van der Waals surface area (Å²) in [5, 5.41) is -4.68. The molecule has 2 aliphatic rings. The summed E-state index contributed by atoms with van der Waals surface area (Å²) in [6.45, 7) is 3.71. The number of carbonyl (C=O) groups is 2. The summed E-state index contributed by atoms with van der Waals surface area (Å²) in [7, 11) is -0.0146. The van der Waals surface area contributed by atoms with Crippen LogP contribution >= 0.6 is 0 Å². The van der Waals surface area contributed by atoms with Gasteiger partial charge in [0.1, 0.15) is 12.7 Å². The van der Waals surface area contributed by atoms with E-state index in [-0.39, 0.29) is 10.9 Å². The molecule has 0 radical (unpaired) electrons. The van der Waals surface area contributed by atoms with Crippen molar-refractivity contribution in [1.29, 1.82) is 0 Å². The molecule has 2 aliphatic heterocycles. The molecular weight excluding hydrogens is 578 g/mol. The second-order valence-corrected chi connectivity index (χ2v) is 12.7. The van der Waals surface area contributed by atoms with Crippen molar-refractivity contribution < 1.29 is 46.1 Å². The number of halogens is 2. The van der Waals surface area contributed by atoms with Gasteiger partial charge >= 0.3 is 17.2 Å². The van der Waals surface area contributed by atoms with Crippen LogP contribution in [0.2, 0.25) is 0 Å². The smallest absolute Gasteiger partial charge is 0.403 e. The van der Waals surface area contributed by atoms with Crippen molar-refractivity contribution >= 4 is 33.9 Å². The molecule has 0 N–H and O–H groups in total. The Bertz CT molecular complexity index is 1280. The average molecular weight is 607 g/mol. The van der Waals surface area contributed by atoms with Crippen LogP contribution in [0.4, 0.5) is 8.78 Å². The molecule has 0 aromatic heterocycles. The monoisotopic (exact) mass is 606 g/mol. The number of alkyl halides is 2. The zero-order valence-electron chi connectivity index (χ0n) is 22.4. The number of hydrogen-bond acceptors (Lipinski definition) is 8. The van der Waals surface area contributed by atoms with Crippen molar-refractivity contribution in [3.05, 3.63) is 91.0 Å². The summed E-state index contributed by atoms with van der Waals surface area (Å²) in [6.07, 6.45) is -2.16. The van der Waals surface area contributed by atoms with Crippen LogP contribution in [0.3, 0.4) is 0 Å². The summed E-state index contributed by atoms with van der Waals surface area (Å²) in [4.78, 5) is 27.0. The minimum atomic E-state index is -4.68. The number of esters is 2. The number of carbonyl (C=O) groups excluding carboxylic acids is 2. The maximum atomic E-state index is 12.9. The summed E-state index contributed by atoms with van der Waals surface area (Å²) < 4.78 is 66.3. The third-order valence-electron chi connectivity index (χ3n) is 6.18. The number of cyclic esters (lactones) is 1. The molecule has 5 rings (SSSR count). The second kappa shape index (κ2) is 12.4. The van der Waals surface area contributed by atoms with Gasteiger partial charge in [0, 0.05) is 11.1 Å². The van der Waals surface area contributed by atoms with Gasteiger partial charge in [0.05, 0.1) is 10.9 Å². The lowest BCUT2D eigenvalue weighted by molar-refractivity contribution is -0.200. The Labute approximate surface area is 241 Å². The van der Waals surface area contributed by atoms with Crippen LogP contribution in [0.1, 0.15) is 20.8 Å². The lowest BCUT2D eigenvalue weighted by atomic mass is 9.99. The molecule has 218 valence electrons. The Hall–Kier alpha value is -3.16. The molecule has 0 amide bonds. The molecule has 4 unspecified atom stereocenters. The van der Waals surface area contributed by atoms with Gasteiger partial charge in [-0.2, -0.15) is 8.78 Å². The third-order valence-corrected chi connectivity index (χ3v) is 8.99. The van der Waals surface area contributed by atoms with E-state index in [0.29, 0.717) is 0 Å². The largest absolute Gasteiger partial charge is 0.767 e. The van der Waals surface area contributed by atoms with Crippen LogP contribution in [0, 0.1) is 0 Å². The lowest BCUT2D eigenvalue weighted by Crippen LogP contribution is -2.43. The van der Waals surface area contributed by atoms with Gasteiger partial charge in [0.25, 0.3) is 0 Å². The van der Waals surface area contributed by atoms with Crippen LogP contribution < -0.4 is 0 Å². The number of fused-ring (bicyclic) bond motifs is 1. The standard InChI is InChI=1S/C18H15S.C11H14F2O8S/c1-4-10-16(11-5-1)19(17-12-6-2-7-13-17)18-14-8-3-9-15-18;1-9(2)20-6-5(19-7(14)10(6,3)21-9)4-18-8(15)11(12,13)22(16)17/h1-15H;5-6H,4H2,1-3H3,(H,16,17)/q+1;/p-1. The summed E-state index contributed by atoms with van der Waals surface area (Å²) in [5.74, 6) is -4.16. The first kappa shape index (κ1) is 30.8. The van der Waals surface area contributed by atoms with E-state index in [4.69, 9.17) is 14.2 Å². The van der Waals surface area contributed by atoms with Gasteiger partial charge in [-0.3, -0.25) is 4.21 Å².